The van der Waals surface area contributed by atoms with Crippen molar-refractivity contribution in [3.63, 3.8) is 0 Å². The van der Waals surface area contributed by atoms with E-state index in [2.05, 4.69) is 19.7 Å². The Labute approximate surface area is 224 Å². The third kappa shape index (κ3) is 5.14. The molecule has 0 unspecified atom stereocenters. The highest BCUT2D eigenvalue weighted by molar-refractivity contribution is 8.01. The van der Waals surface area contributed by atoms with Crippen molar-refractivity contribution in [3.05, 3.63) is 94.9 Å². The summed E-state index contributed by atoms with van der Waals surface area (Å²) in [5.41, 5.74) is 3.87. The number of halogens is 1. The molecule has 1 amide bonds. The summed E-state index contributed by atoms with van der Waals surface area (Å²) in [6, 6.07) is 11.8. The smallest absolute Gasteiger partial charge is 0.262 e. The second kappa shape index (κ2) is 10.5. The van der Waals surface area contributed by atoms with E-state index in [0.29, 0.717) is 23.4 Å². The number of fused-ring (bicyclic) bond motifs is 1. The number of nitrogens with zero attached hydrogens (tertiary/aromatic N) is 6. The summed E-state index contributed by atoms with van der Waals surface area (Å²) >= 11 is 1.63. The van der Waals surface area contributed by atoms with E-state index in [4.69, 9.17) is 5.10 Å². The van der Waals surface area contributed by atoms with Crippen LogP contribution in [0.3, 0.4) is 0 Å². The first-order chi connectivity index (χ1) is 18.5. The van der Waals surface area contributed by atoms with Gasteiger partial charge in [0.25, 0.3) is 5.91 Å². The molecule has 1 N–H and O–H groups in total. The zero-order valence-corrected chi connectivity index (χ0v) is 21.8. The summed E-state index contributed by atoms with van der Waals surface area (Å²) in [6.45, 7) is 3.80. The van der Waals surface area contributed by atoms with Crippen LogP contribution in [0.1, 0.15) is 46.8 Å². The normalized spacial score (nSPS) is 18.6. The van der Waals surface area contributed by atoms with E-state index in [1.165, 1.54) is 6.20 Å². The topological polar surface area (TPSA) is 80.4 Å². The molecule has 8 nitrogen and oxygen atoms in total. The molecule has 1 aliphatic carbocycles. The highest BCUT2D eigenvalue weighted by Gasteiger charge is 2.26. The Bertz CT molecular complexity index is 1520. The number of carbonyl (C=O) groups is 1. The van der Waals surface area contributed by atoms with Gasteiger partial charge in [0.15, 0.2) is 5.65 Å². The average Bonchev–Trinajstić information content (AvgIpc) is 3.54. The molecule has 1 atom stereocenters. The molecule has 1 fully saturated rings. The minimum atomic E-state index is -0.893. The van der Waals surface area contributed by atoms with Crippen molar-refractivity contribution in [1.82, 2.24) is 28.7 Å². The summed E-state index contributed by atoms with van der Waals surface area (Å²) < 4.78 is 19.4. The fourth-order valence-electron chi connectivity index (χ4n) is 4.81. The van der Waals surface area contributed by atoms with E-state index in [0.717, 1.165) is 47.8 Å². The number of aryl methyl sites for hydroxylation is 1. The van der Waals surface area contributed by atoms with E-state index in [1.807, 2.05) is 49.4 Å². The lowest BCUT2D eigenvalue weighted by Gasteiger charge is -2.30. The van der Waals surface area contributed by atoms with Gasteiger partial charge in [0.05, 0.1) is 17.6 Å². The van der Waals surface area contributed by atoms with E-state index in [1.54, 1.807) is 45.7 Å². The number of carbonyl (C=O) groups excluding carboxylic acids is 1. The first-order valence-corrected chi connectivity index (χ1v) is 13.5. The molecule has 0 spiro atoms. The number of nitrogens with one attached hydrogen (secondary N) is 1. The lowest BCUT2D eigenvalue weighted by molar-refractivity contribution is 0.102. The predicted molar refractivity (Wildman–Crippen MR) is 147 cm³/mol. The van der Waals surface area contributed by atoms with Gasteiger partial charge in [-0.2, -0.15) is 10.2 Å². The van der Waals surface area contributed by atoms with Gasteiger partial charge in [0.2, 0.25) is 0 Å². The Hall–Kier alpha value is -3.76. The molecule has 1 saturated heterocycles. The zero-order valence-electron chi connectivity index (χ0n) is 21.0. The molecule has 6 rings (SSSR count). The molecule has 194 valence electrons. The number of rotatable bonds is 6. The van der Waals surface area contributed by atoms with Crippen molar-refractivity contribution in [3.8, 4) is 5.69 Å². The van der Waals surface area contributed by atoms with Crippen molar-refractivity contribution in [2.45, 2.75) is 38.3 Å². The zero-order chi connectivity index (χ0) is 26.1. The monoisotopic (exact) mass is 529 g/mol. The quantitative estimate of drug-likeness (QED) is 0.333. The second-order valence-corrected chi connectivity index (χ2v) is 10.8. The molecular formula is C28H28FN7OS. The Kier molecular flexibility index (Phi) is 6.82. The van der Waals surface area contributed by atoms with Crippen molar-refractivity contribution in [1.29, 1.82) is 0 Å². The Balaban J connectivity index is 1.22. The van der Waals surface area contributed by atoms with E-state index < -0.39 is 6.17 Å². The minimum Gasteiger partial charge on any atom is -0.306 e. The van der Waals surface area contributed by atoms with Crippen LogP contribution in [0.5, 0.6) is 0 Å². The molecule has 10 heteroatoms. The highest BCUT2D eigenvalue weighted by Crippen LogP contribution is 2.35. The molecule has 1 aliphatic heterocycles. The van der Waals surface area contributed by atoms with Crippen LogP contribution in [0.25, 0.3) is 11.3 Å². The number of anilines is 1. The molecule has 4 heterocycles. The van der Waals surface area contributed by atoms with Gasteiger partial charge in [-0.1, -0.05) is 29.8 Å². The van der Waals surface area contributed by atoms with Crippen molar-refractivity contribution in [2.75, 3.05) is 18.4 Å². The molecule has 2 aliphatic rings. The lowest BCUT2D eigenvalue weighted by Crippen LogP contribution is -2.28. The van der Waals surface area contributed by atoms with Gasteiger partial charge < -0.3 is 5.32 Å². The van der Waals surface area contributed by atoms with Gasteiger partial charge >= 0.3 is 0 Å². The predicted octanol–water partition coefficient (Wildman–Crippen LogP) is 5.49. The maximum absolute atomic E-state index is 13.7. The van der Waals surface area contributed by atoms with Crippen LogP contribution < -0.4 is 5.32 Å². The highest BCUT2D eigenvalue weighted by atomic mass is 32.2. The summed E-state index contributed by atoms with van der Waals surface area (Å²) in [5.74, 6) is 0.579. The van der Waals surface area contributed by atoms with Crippen LogP contribution in [0.15, 0.2) is 78.1 Å². The van der Waals surface area contributed by atoms with Gasteiger partial charge in [0.1, 0.15) is 17.6 Å². The van der Waals surface area contributed by atoms with Gasteiger partial charge in [0, 0.05) is 48.8 Å². The van der Waals surface area contributed by atoms with Gasteiger partial charge in [-0.25, -0.2) is 22.9 Å². The molecule has 0 radical (unpaired) electrons. The van der Waals surface area contributed by atoms with Gasteiger partial charge in [-0.3, -0.25) is 4.79 Å². The van der Waals surface area contributed by atoms with Crippen molar-refractivity contribution in [2.24, 2.45) is 0 Å². The van der Waals surface area contributed by atoms with Crippen LogP contribution in [0, 0.1) is 6.92 Å². The lowest BCUT2D eigenvalue weighted by atomic mass is 9.95. The summed E-state index contributed by atoms with van der Waals surface area (Å²) in [6.07, 6.45) is 12.0. The standard InChI is InChI=1S/C28H28FN7OS/c1-19-6-8-22(9-7-19)36-26(32-28(37)24-18-31-35-13-3-12-30-27(24)35)17-25(33-36)20-10-14-34(15-11-20)38-23-5-2-4-21(29)16-23/h2-3,5-9,12-13,16-18,20-21H,4,10-11,14-15H2,1H3,(H,32,37)/t21-/m0/s1. The number of piperidine rings is 1. The molecule has 1 aromatic carbocycles. The number of amides is 1. The van der Waals surface area contributed by atoms with Gasteiger partial charge in [-0.15, -0.1) is 0 Å². The largest absolute Gasteiger partial charge is 0.306 e. The average molecular weight is 530 g/mol. The number of hydrogen-bond donors (Lipinski definition) is 1. The Morgan fingerprint density at radius 3 is 2.79 bits per heavy atom. The summed E-state index contributed by atoms with van der Waals surface area (Å²) in [5, 5.41) is 12.2. The number of benzene rings is 1. The van der Waals surface area contributed by atoms with Crippen molar-refractivity contribution < 1.29 is 9.18 Å². The molecule has 0 bridgehead atoms. The molecule has 3 aromatic heterocycles. The number of allylic oxidation sites excluding steroid dienone is 3. The number of hydrogen-bond acceptors (Lipinski definition) is 6. The molecular weight excluding hydrogens is 501 g/mol. The first kappa shape index (κ1) is 24.6. The molecule has 0 saturated carbocycles. The molecule has 4 aromatic rings. The van der Waals surface area contributed by atoms with E-state index in [9.17, 15) is 9.18 Å². The second-order valence-electron chi connectivity index (χ2n) is 9.62. The van der Waals surface area contributed by atoms with Gasteiger partial charge in [-0.05, 0) is 56.0 Å². The summed E-state index contributed by atoms with van der Waals surface area (Å²) in [7, 11) is 0. The van der Waals surface area contributed by atoms with Crippen LogP contribution in [-0.4, -0.2) is 53.9 Å². The maximum atomic E-state index is 13.7. The molecule has 38 heavy (non-hydrogen) atoms. The third-order valence-corrected chi connectivity index (χ3v) is 7.97. The third-order valence-electron chi connectivity index (χ3n) is 6.87. The van der Waals surface area contributed by atoms with Crippen molar-refractivity contribution >= 4 is 29.3 Å². The number of aromatic nitrogens is 5. The minimum absolute atomic E-state index is 0.262. The fraction of sp³-hybridized carbons (Fsp3) is 0.286. The Morgan fingerprint density at radius 1 is 1.18 bits per heavy atom. The van der Waals surface area contributed by atoms with Crippen LogP contribution in [0.4, 0.5) is 10.2 Å². The first-order valence-electron chi connectivity index (χ1n) is 12.8. The Morgan fingerprint density at radius 2 is 2.00 bits per heavy atom. The number of alkyl halides is 1. The maximum Gasteiger partial charge on any atom is 0.262 e. The fourth-order valence-corrected chi connectivity index (χ4v) is 5.87. The summed E-state index contributed by atoms with van der Waals surface area (Å²) in [4.78, 5) is 18.6. The van der Waals surface area contributed by atoms with Crippen LogP contribution in [-0.2, 0) is 0 Å². The van der Waals surface area contributed by atoms with Crippen LogP contribution >= 0.6 is 11.9 Å². The van der Waals surface area contributed by atoms with Crippen LogP contribution in [0.2, 0.25) is 0 Å². The SMILES string of the molecule is Cc1ccc(-n2nc(C3CCN(SC4=C[C@@H](F)CC=C4)CC3)cc2NC(=O)c2cnn3cccnc23)cc1. The van der Waals surface area contributed by atoms with E-state index >= 15 is 0 Å². The van der Waals surface area contributed by atoms with E-state index in [-0.39, 0.29) is 11.8 Å².